The van der Waals surface area contributed by atoms with Crippen molar-refractivity contribution in [3.8, 4) is 11.1 Å². The van der Waals surface area contributed by atoms with Crippen LogP contribution in [0, 0.1) is 0 Å². The highest BCUT2D eigenvalue weighted by Gasteiger charge is 2.29. The molecule has 0 aliphatic rings. The van der Waals surface area contributed by atoms with Crippen molar-refractivity contribution in [2.24, 2.45) is 0 Å². The first-order valence-electron chi connectivity index (χ1n) is 9.66. The molecule has 0 saturated heterocycles. The summed E-state index contributed by atoms with van der Waals surface area (Å²) in [5, 5.41) is 2.92. The molecule has 3 aromatic carbocycles. The van der Waals surface area contributed by atoms with Gasteiger partial charge in [0.15, 0.2) is 0 Å². The van der Waals surface area contributed by atoms with Crippen LogP contribution in [0.2, 0.25) is 5.02 Å². The number of aromatic nitrogens is 1. The molecule has 4 aromatic rings. The monoisotopic (exact) mass is 441 g/mol. The SMILES string of the molecule is CCC(C)OP(=O)(O)c1cc2cc(-c3cccc4ccccc34)c(Cl)cc2[nH]c1=O. The minimum absolute atomic E-state index is 0.276. The summed E-state index contributed by atoms with van der Waals surface area (Å²) in [5.41, 5.74) is 1.54. The minimum atomic E-state index is -4.27. The zero-order valence-electron chi connectivity index (χ0n) is 16.6. The van der Waals surface area contributed by atoms with Crippen LogP contribution in [0.1, 0.15) is 20.3 Å². The van der Waals surface area contributed by atoms with Crippen LogP contribution in [0.3, 0.4) is 0 Å². The topological polar surface area (TPSA) is 79.4 Å². The molecule has 1 aromatic heterocycles. The van der Waals surface area contributed by atoms with E-state index in [2.05, 4.69) is 4.98 Å². The molecule has 0 aliphatic heterocycles. The van der Waals surface area contributed by atoms with Crippen molar-refractivity contribution >= 4 is 46.2 Å². The van der Waals surface area contributed by atoms with Crippen LogP contribution in [0.15, 0.2) is 65.5 Å². The molecular weight excluding hydrogens is 421 g/mol. The van der Waals surface area contributed by atoms with E-state index in [1.807, 2.05) is 55.5 Å². The highest BCUT2D eigenvalue weighted by atomic mass is 35.5. The lowest BCUT2D eigenvalue weighted by atomic mass is 9.97. The van der Waals surface area contributed by atoms with E-state index in [9.17, 15) is 14.3 Å². The molecule has 0 radical (unpaired) electrons. The molecule has 0 amide bonds. The first-order valence-corrected chi connectivity index (χ1v) is 11.6. The third kappa shape index (κ3) is 3.82. The summed E-state index contributed by atoms with van der Waals surface area (Å²) in [6.07, 6.45) is 0.101. The van der Waals surface area contributed by atoms with Gasteiger partial charge in [0.25, 0.3) is 5.56 Å². The van der Waals surface area contributed by atoms with Crippen LogP contribution in [0.25, 0.3) is 32.8 Å². The van der Waals surface area contributed by atoms with Crippen LogP contribution >= 0.6 is 19.2 Å². The zero-order valence-corrected chi connectivity index (χ0v) is 18.2. The van der Waals surface area contributed by atoms with Gasteiger partial charge < -0.3 is 14.4 Å². The fourth-order valence-corrected chi connectivity index (χ4v) is 5.10. The minimum Gasteiger partial charge on any atom is -0.321 e. The molecule has 154 valence electrons. The number of hydrogen-bond acceptors (Lipinski definition) is 3. The van der Waals surface area contributed by atoms with E-state index >= 15 is 0 Å². The third-order valence-corrected chi connectivity index (χ3v) is 7.09. The van der Waals surface area contributed by atoms with Gasteiger partial charge in [-0.15, -0.1) is 0 Å². The Kier molecular flexibility index (Phi) is 5.56. The quantitative estimate of drug-likeness (QED) is 0.393. The number of halogens is 1. The Labute approximate surface area is 178 Å². The molecule has 7 heteroatoms. The maximum absolute atomic E-state index is 12.7. The molecule has 1 heterocycles. The summed E-state index contributed by atoms with van der Waals surface area (Å²) in [4.78, 5) is 25.5. The van der Waals surface area contributed by atoms with Crippen molar-refractivity contribution in [3.05, 3.63) is 76.0 Å². The van der Waals surface area contributed by atoms with E-state index in [1.54, 1.807) is 13.0 Å². The highest BCUT2D eigenvalue weighted by Crippen LogP contribution is 2.42. The lowest BCUT2D eigenvalue weighted by Crippen LogP contribution is -2.29. The number of rotatable bonds is 5. The average molecular weight is 442 g/mol. The second-order valence-corrected chi connectivity index (χ2v) is 9.42. The Balaban J connectivity index is 1.92. The van der Waals surface area contributed by atoms with E-state index < -0.39 is 19.3 Å². The van der Waals surface area contributed by atoms with Crippen molar-refractivity contribution in [2.75, 3.05) is 0 Å². The molecule has 0 saturated carbocycles. The van der Waals surface area contributed by atoms with Gasteiger partial charge in [-0.05, 0) is 53.3 Å². The Hall–Kier alpha value is -2.43. The lowest BCUT2D eigenvalue weighted by molar-refractivity contribution is 0.192. The summed E-state index contributed by atoms with van der Waals surface area (Å²) in [6.45, 7) is 3.53. The van der Waals surface area contributed by atoms with Crippen molar-refractivity contribution in [2.45, 2.75) is 26.4 Å². The van der Waals surface area contributed by atoms with Crippen molar-refractivity contribution < 1.29 is 14.0 Å². The van der Waals surface area contributed by atoms with Gasteiger partial charge in [-0.1, -0.05) is 61.0 Å². The second kappa shape index (κ2) is 8.01. The van der Waals surface area contributed by atoms with Crippen molar-refractivity contribution in [1.82, 2.24) is 4.98 Å². The number of H-pyrrole nitrogens is 1. The van der Waals surface area contributed by atoms with Crippen LogP contribution in [-0.2, 0) is 9.09 Å². The van der Waals surface area contributed by atoms with Gasteiger partial charge in [0.1, 0.15) is 5.30 Å². The van der Waals surface area contributed by atoms with E-state index in [4.69, 9.17) is 16.1 Å². The Morgan fingerprint density at radius 2 is 1.80 bits per heavy atom. The van der Waals surface area contributed by atoms with Gasteiger partial charge in [-0.3, -0.25) is 9.36 Å². The van der Waals surface area contributed by atoms with Gasteiger partial charge in [0, 0.05) is 11.1 Å². The van der Waals surface area contributed by atoms with Gasteiger partial charge in [-0.2, -0.15) is 0 Å². The van der Waals surface area contributed by atoms with Gasteiger partial charge in [0.2, 0.25) is 0 Å². The van der Waals surface area contributed by atoms with Crippen LogP contribution in [0.5, 0.6) is 0 Å². The number of pyridine rings is 1. The zero-order chi connectivity index (χ0) is 21.5. The Bertz CT molecular complexity index is 1360. The van der Waals surface area contributed by atoms with Crippen LogP contribution in [0.4, 0.5) is 0 Å². The molecular formula is C23H21ClNO4P. The van der Waals surface area contributed by atoms with Crippen molar-refractivity contribution in [1.29, 1.82) is 0 Å². The molecule has 0 spiro atoms. The maximum Gasteiger partial charge on any atom is 0.364 e. The molecule has 4 rings (SSSR count). The summed E-state index contributed by atoms with van der Waals surface area (Å²) in [5.74, 6) is 0. The maximum atomic E-state index is 12.7. The normalized spacial score (nSPS) is 14.7. The van der Waals surface area contributed by atoms with E-state index in [0.717, 1.165) is 21.9 Å². The van der Waals surface area contributed by atoms with Crippen LogP contribution < -0.4 is 10.9 Å². The first kappa shape index (κ1) is 20.8. The summed E-state index contributed by atoms with van der Waals surface area (Å²) in [6, 6.07) is 18.8. The number of aromatic amines is 1. The summed E-state index contributed by atoms with van der Waals surface area (Å²) >= 11 is 6.56. The largest absolute Gasteiger partial charge is 0.364 e. The Morgan fingerprint density at radius 1 is 1.07 bits per heavy atom. The number of fused-ring (bicyclic) bond motifs is 2. The molecule has 0 fully saturated rings. The molecule has 2 unspecified atom stereocenters. The average Bonchev–Trinajstić information content (AvgIpc) is 2.72. The van der Waals surface area contributed by atoms with Crippen molar-refractivity contribution in [3.63, 3.8) is 0 Å². The van der Waals surface area contributed by atoms with E-state index in [0.29, 0.717) is 22.3 Å². The fourth-order valence-electron chi connectivity index (χ4n) is 3.47. The predicted molar refractivity (Wildman–Crippen MR) is 123 cm³/mol. The standard InChI is InChI=1S/C23H21ClNO4P/c1-3-14(2)29-30(27,28)22-12-16-11-19(20(24)13-21(16)25-23(22)26)18-10-6-8-15-7-4-5-9-17(15)18/h4-14H,3H2,1-2H3,(H,25,26)(H,27,28). The van der Waals surface area contributed by atoms with Gasteiger partial charge in [-0.25, -0.2) is 0 Å². The fraction of sp³-hybridized carbons (Fsp3) is 0.174. The summed E-state index contributed by atoms with van der Waals surface area (Å²) in [7, 11) is -4.27. The molecule has 30 heavy (non-hydrogen) atoms. The van der Waals surface area contributed by atoms with E-state index in [1.165, 1.54) is 6.07 Å². The van der Waals surface area contributed by atoms with Crippen LogP contribution in [-0.4, -0.2) is 16.0 Å². The molecule has 5 nitrogen and oxygen atoms in total. The first-order chi connectivity index (χ1) is 14.3. The second-order valence-electron chi connectivity index (χ2n) is 7.27. The number of hydrogen-bond donors (Lipinski definition) is 2. The van der Waals surface area contributed by atoms with Gasteiger partial charge >= 0.3 is 7.60 Å². The van der Waals surface area contributed by atoms with Gasteiger partial charge in [0.05, 0.1) is 11.1 Å². The Morgan fingerprint density at radius 3 is 2.57 bits per heavy atom. The predicted octanol–water partition coefficient (Wildman–Crippen LogP) is 5.63. The summed E-state index contributed by atoms with van der Waals surface area (Å²) < 4.78 is 18.0. The third-order valence-electron chi connectivity index (χ3n) is 5.19. The smallest absolute Gasteiger partial charge is 0.321 e. The molecule has 0 bridgehead atoms. The van der Waals surface area contributed by atoms with E-state index in [-0.39, 0.29) is 5.30 Å². The number of benzene rings is 3. The molecule has 2 N–H and O–H groups in total. The number of nitrogens with one attached hydrogen (secondary N) is 1. The molecule has 0 aliphatic carbocycles. The molecule has 2 atom stereocenters. The lowest BCUT2D eigenvalue weighted by Gasteiger charge is -2.17. The highest BCUT2D eigenvalue weighted by molar-refractivity contribution is 7.61.